The lowest BCUT2D eigenvalue weighted by Gasteiger charge is -2.27. The molecular formula is C19H21N3O. The Morgan fingerprint density at radius 3 is 2.52 bits per heavy atom. The van der Waals surface area contributed by atoms with Crippen molar-refractivity contribution in [2.24, 2.45) is 0 Å². The maximum Gasteiger partial charge on any atom is 0.258 e. The van der Waals surface area contributed by atoms with Gasteiger partial charge in [-0.25, -0.2) is 4.98 Å². The molecule has 0 saturated carbocycles. The van der Waals surface area contributed by atoms with Crippen molar-refractivity contribution in [3.8, 4) is 0 Å². The van der Waals surface area contributed by atoms with Crippen molar-refractivity contribution in [1.29, 1.82) is 0 Å². The molecule has 1 heterocycles. The number of rotatable bonds is 5. The molecule has 0 amide bonds. The average molecular weight is 307 g/mol. The minimum atomic E-state index is -0.0771. The van der Waals surface area contributed by atoms with Gasteiger partial charge in [0.1, 0.15) is 5.82 Å². The fourth-order valence-electron chi connectivity index (χ4n) is 3.03. The summed E-state index contributed by atoms with van der Waals surface area (Å²) >= 11 is 0. The van der Waals surface area contributed by atoms with Crippen LogP contribution in [-0.4, -0.2) is 21.9 Å². The predicted octanol–water partition coefficient (Wildman–Crippen LogP) is 3.51. The SMILES string of the molecule is CC[C@H](c1ccccc1)N(C)Cc1nc2ccccc2c(=O)[nH]1. The first-order valence-corrected chi connectivity index (χ1v) is 7.92. The minimum absolute atomic E-state index is 0.0771. The van der Waals surface area contributed by atoms with Gasteiger partial charge in [0, 0.05) is 6.04 Å². The molecule has 0 saturated heterocycles. The van der Waals surface area contributed by atoms with Gasteiger partial charge in [-0.1, -0.05) is 49.4 Å². The van der Waals surface area contributed by atoms with Crippen molar-refractivity contribution in [2.75, 3.05) is 7.05 Å². The number of hydrogen-bond acceptors (Lipinski definition) is 3. The molecule has 2 aromatic carbocycles. The molecule has 1 N–H and O–H groups in total. The third-order valence-corrected chi connectivity index (χ3v) is 4.16. The van der Waals surface area contributed by atoms with E-state index >= 15 is 0 Å². The van der Waals surface area contributed by atoms with Crippen molar-refractivity contribution in [3.63, 3.8) is 0 Å². The summed E-state index contributed by atoms with van der Waals surface area (Å²) in [6.45, 7) is 2.78. The molecule has 1 atom stereocenters. The molecule has 0 bridgehead atoms. The molecule has 0 aliphatic carbocycles. The van der Waals surface area contributed by atoms with Crippen LogP contribution in [0.4, 0.5) is 0 Å². The summed E-state index contributed by atoms with van der Waals surface area (Å²) in [6, 6.07) is 18.2. The number of aromatic nitrogens is 2. The van der Waals surface area contributed by atoms with Gasteiger partial charge < -0.3 is 4.98 Å². The van der Waals surface area contributed by atoms with Gasteiger partial charge in [-0.15, -0.1) is 0 Å². The highest BCUT2D eigenvalue weighted by molar-refractivity contribution is 5.77. The molecule has 0 fully saturated rings. The third kappa shape index (κ3) is 3.32. The van der Waals surface area contributed by atoms with Crippen LogP contribution in [0.5, 0.6) is 0 Å². The maximum absolute atomic E-state index is 12.2. The minimum Gasteiger partial charge on any atom is -0.309 e. The van der Waals surface area contributed by atoms with Crippen molar-refractivity contribution in [2.45, 2.75) is 25.9 Å². The summed E-state index contributed by atoms with van der Waals surface area (Å²) in [5.74, 6) is 0.700. The van der Waals surface area contributed by atoms with Crippen molar-refractivity contribution < 1.29 is 0 Å². The number of fused-ring (bicyclic) bond motifs is 1. The summed E-state index contributed by atoms with van der Waals surface area (Å²) in [6.07, 6.45) is 0.998. The van der Waals surface area contributed by atoms with Gasteiger partial charge in [0.2, 0.25) is 0 Å². The zero-order chi connectivity index (χ0) is 16.2. The second kappa shape index (κ2) is 6.75. The van der Waals surface area contributed by atoms with Crippen LogP contribution in [0.2, 0.25) is 0 Å². The smallest absolute Gasteiger partial charge is 0.258 e. The van der Waals surface area contributed by atoms with Gasteiger partial charge >= 0.3 is 0 Å². The van der Waals surface area contributed by atoms with E-state index in [1.165, 1.54) is 5.56 Å². The molecule has 23 heavy (non-hydrogen) atoms. The van der Waals surface area contributed by atoms with Crippen LogP contribution in [0.15, 0.2) is 59.4 Å². The highest BCUT2D eigenvalue weighted by Gasteiger charge is 2.16. The second-order valence-electron chi connectivity index (χ2n) is 5.78. The summed E-state index contributed by atoms with van der Waals surface area (Å²) in [4.78, 5) is 21.9. The van der Waals surface area contributed by atoms with Gasteiger partial charge in [-0.05, 0) is 31.2 Å². The van der Waals surface area contributed by atoms with Crippen molar-refractivity contribution >= 4 is 10.9 Å². The van der Waals surface area contributed by atoms with E-state index in [0.29, 0.717) is 23.8 Å². The first-order chi connectivity index (χ1) is 11.2. The third-order valence-electron chi connectivity index (χ3n) is 4.16. The number of aromatic amines is 1. The maximum atomic E-state index is 12.2. The average Bonchev–Trinajstić information content (AvgIpc) is 2.56. The van der Waals surface area contributed by atoms with Gasteiger partial charge in [0.25, 0.3) is 5.56 Å². The van der Waals surface area contributed by atoms with Crippen molar-refractivity contribution in [1.82, 2.24) is 14.9 Å². The van der Waals surface area contributed by atoms with Crippen LogP contribution in [0.1, 0.15) is 30.8 Å². The molecule has 3 rings (SSSR count). The van der Waals surface area contributed by atoms with E-state index in [2.05, 4.69) is 53.1 Å². The monoisotopic (exact) mass is 307 g/mol. The molecule has 0 aliphatic rings. The number of H-pyrrole nitrogens is 1. The molecule has 4 nitrogen and oxygen atoms in total. The topological polar surface area (TPSA) is 49.0 Å². The van der Waals surface area contributed by atoms with Crippen LogP contribution in [0, 0.1) is 0 Å². The molecule has 0 unspecified atom stereocenters. The zero-order valence-electron chi connectivity index (χ0n) is 13.5. The Balaban J connectivity index is 1.87. The first-order valence-electron chi connectivity index (χ1n) is 7.92. The van der Waals surface area contributed by atoms with Crippen LogP contribution in [-0.2, 0) is 6.54 Å². The van der Waals surface area contributed by atoms with Crippen molar-refractivity contribution in [3.05, 3.63) is 76.3 Å². The van der Waals surface area contributed by atoms with Crippen LogP contribution >= 0.6 is 0 Å². The Hall–Kier alpha value is -2.46. The fraction of sp³-hybridized carbons (Fsp3) is 0.263. The van der Waals surface area contributed by atoms with E-state index in [4.69, 9.17) is 0 Å². The van der Waals surface area contributed by atoms with Gasteiger partial charge in [0.05, 0.1) is 17.4 Å². The van der Waals surface area contributed by atoms with Gasteiger partial charge in [0.15, 0.2) is 0 Å². The molecule has 0 spiro atoms. The lowest BCUT2D eigenvalue weighted by Crippen LogP contribution is -2.26. The fourth-order valence-corrected chi connectivity index (χ4v) is 3.03. The predicted molar refractivity (Wildman–Crippen MR) is 93.3 cm³/mol. The second-order valence-corrected chi connectivity index (χ2v) is 5.78. The normalized spacial score (nSPS) is 12.7. The standard InChI is InChI=1S/C19H21N3O/c1-3-17(14-9-5-4-6-10-14)22(2)13-18-20-16-12-8-7-11-15(16)19(23)21-18/h4-12,17H,3,13H2,1-2H3,(H,20,21,23)/t17-/m1/s1. The van der Waals surface area contributed by atoms with E-state index < -0.39 is 0 Å². The largest absolute Gasteiger partial charge is 0.309 e. The number of nitrogens with zero attached hydrogens (tertiary/aromatic N) is 2. The van der Waals surface area contributed by atoms with E-state index in [1.54, 1.807) is 6.07 Å². The quantitative estimate of drug-likeness (QED) is 0.785. The molecular weight excluding hydrogens is 286 g/mol. The molecule has 0 aliphatic heterocycles. The van der Waals surface area contributed by atoms with E-state index in [0.717, 1.165) is 11.9 Å². The Morgan fingerprint density at radius 1 is 1.09 bits per heavy atom. The zero-order valence-corrected chi connectivity index (χ0v) is 13.5. The van der Waals surface area contributed by atoms with Gasteiger partial charge in [-0.3, -0.25) is 9.69 Å². The summed E-state index contributed by atoms with van der Waals surface area (Å²) in [7, 11) is 2.07. The summed E-state index contributed by atoms with van der Waals surface area (Å²) < 4.78 is 0. The van der Waals surface area contributed by atoms with Gasteiger partial charge in [-0.2, -0.15) is 0 Å². The number of hydrogen-bond donors (Lipinski definition) is 1. The van der Waals surface area contributed by atoms with Crippen LogP contribution < -0.4 is 5.56 Å². The highest BCUT2D eigenvalue weighted by Crippen LogP contribution is 2.23. The molecule has 118 valence electrons. The van der Waals surface area contributed by atoms with Crippen LogP contribution in [0.25, 0.3) is 10.9 Å². The van der Waals surface area contributed by atoms with E-state index in [1.807, 2.05) is 24.3 Å². The Kier molecular flexibility index (Phi) is 4.53. The molecule has 0 radical (unpaired) electrons. The summed E-state index contributed by atoms with van der Waals surface area (Å²) in [5.41, 5.74) is 1.94. The lowest BCUT2D eigenvalue weighted by atomic mass is 10.0. The summed E-state index contributed by atoms with van der Waals surface area (Å²) in [5, 5.41) is 0.633. The molecule has 4 heteroatoms. The first kappa shape index (κ1) is 15.4. The van der Waals surface area contributed by atoms with Crippen LogP contribution in [0.3, 0.4) is 0 Å². The lowest BCUT2D eigenvalue weighted by molar-refractivity contribution is 0.225. The number of nitrogens with one attached hydrogen (secondary N) is 1. The number of benzene rings is 2. The molecule has 1 aromatic heterocycles. The Bertz CT molecular complexity index is 842. The Labute approximate surface area is 135 Å². The highest BCUT2D eigenvalue weighted by atomic mass is 16.1. The Morgan fingerprint density at radius 2 is 1.78 bits per heavy atom. The number of para-hydroxylation sites is 1. The van der Waals surface area contributed by atoms with E-state index in [-0.39, 0.29) is 5.56 Å². The van der Waals surface area contributed by atoms with E-state index in [9.17, 15) is 4.79 Å². The molecule has 3 aromatic rings.